The van der Waals surface area contributed by atoms with Crippen molar-refractivity contribution >= 4 is 44.0 Å². The van der Waals surface area contributed by atoms with Gasteiger partial charge in [0.2, 0.25) is 0 Å². The molecule has 6 heteroatoms. The number of hydrogen-bond acceptors (Lipinski definition) is 5. The summed E-state index contributed by atoms with van der Waals surface area (Å²) >= 11 is 1.63. The zero-order valence-corrected chi connectivity index (χ0v) is 11.5. The second kappa shape index (κ2) is 4.28. The van der Waals surface area contributed by atoms with Crippen molar-refractivity contribution < 1.29 is 0 Å². The van der Waals surface area contributed by atoms with Crippen molar-refractivity contribution in [1.82, 2.24) is 20.2 Å². The van der Waals surface area contributed by atoms with Crippen LogP contribution < -0.4 is 5.32 Å². The number of fused-ring (bicyclic) bond motifs is 2. The van der Waals surface area contributed by atoms with Gasteiger partial charge in [0.25, 0.3) is 0 Å². The van der Waals surface area contributed by atoms with E-state index in [0.717, 1.165) is 38.3 Å². The molecule has 0 bridgehead atoms. The van der Waals surface area contributed by atoms with Gasteiger partial charge in [0.05, 0.1) is 32.3 Å². The number of nitrogens with one attached hydrogen (secondary N) is 2. The van der Waals surface area contributed by atoms with Gasteiger partial charge in [-0.15, -0.1) is 11.3 Å². The van der Waals surface area contributed by atoms with Gasteiger partial charge in [-0.05, 0) is 31.2 Å². The van der Waals surface area contributed by atoms with Crippen LogP contribution in [0.3, 0.4) is 0 Å². The molecule has 0 atom stereocenters. The van der Waals surface area contributed by atoms with Crippen LogP contribution in [0.5, 0.6) is 0 Å². The smallest absolute Gasteiger partial charge is 0.141 e. The normalized spacial score (nSPS) is 11.2. The molecule has 0 saturated heterocycles. The summed E-state index contributed by atoms with van der Waals surface area (Å²) in [4.78, 5) is 8.70. The molecule has 4 rings (SSSR count). The van der Waals surface area contributed by atoms with E-state index >= 15 is 0 Å². The summed E-state index contributed by atoms with van der Waals surface area (Å²) in [6.45, 7) is 1.97. The molecule has 4 aromatic rings. The molecule has 3 aromatic heterocycles. The van der Waals surface area contributed by atoms with Crippen molar-refractivity contribution in [2.75, 3.05) is 5.32 Å². The summed E-state index contributed by atoms with van der Waals surface area (Å²) in [7, 11) is 0. The van der Waals surface area contributed by atoms with Crippen molar-refractivity contribution in [3.63, 3.8) is 0 Å². The predicted molar refractivity (Wildman–Crippen MR) is 81.5 cm³/mol. The highest BCUT2D eigenvalue weighted by Crippen LogP contribution is 2.28. The number of hydrogen-bond donors (Lipinski definition) is 2. The van der Waals surface area contributed by atoms with E-state index in [1.807, 2.05) is 30.6 Å². The average molecular weight is 281 g/mol. The summed E-state index contributed by atoms with van der Waals surface area (Å²) in [5.74, 6) is 0.817. The maximum absolute atomic E-state index is 4.42. The molecular weight excluding hydrogens is 270 g/mol. The second-order valence-corrected chi connectivity index (χ2v) is 5.44. The van der Waals surface area contributed by atoms with Gasteiger partial charge in [-0.3, -0.25) is 5.10 Å². The predicted octanol–water partition coefficient (Wildman–Crippen LogP) is 3.62. The maximum Gasteiger partial charge on any atom is 0.141 e. The maximum atomic E-state index is 4.42. The van der Waals surface area contributed by atoms with Gasteiger partial charge in [-0.2, -0.15) is 5.10 Å². The first-order chi connectivity index (χ1) is 9.81. The third-order valence-electron chi connectivity index (χ3n) is 3.25. The Morgan fingerprint density at radius 2 is 2.15 bits per heavy atom. The highest BCUT2D eigenvalue weighted by Gasteiger charge is 2.09. The zero-order valence-electron chi connectivity index (χ0n) is 10.7. The summed E-state index contributed by atoms with van der Waals surface area (Å²) in [6, 6.07) is 8.03. The highest BCUT2D eigenvalue weighted by atomic mass is 32.1. The van der Waals surface area contributed by atoms with Crippen LogP contribution in [-0.2, 0) is 0 Å². The van der Waals surface area contributed by atoms with Crippen LogP contribution in [0.4, 0.5) is 11.5 Å². The summed E-state index contributed by atoms with van der Waals surface area (Å²) in [5.41, 5.74) is 5.80. The number of benzene rings is 1. The zero-order chi connectivity index (χ0) is 13.5. The topological polar surface area (TPSA) is 66.5 Å². The van der Waals surface area contributed by atoms with E-state index in [4.69, 9.17) is 0 Å². The van der Waals surface area contributed by atoms with Crippen LogP contribution in [-0.4, -0.2) is 20.2 Å². The Balaban J connectivity index is 1.81. The average Bonchev–Trinajstić information content (AvgIpc) is 3.06. The van der Waals surface area contributed by atoms with Crippen LogP contribution in [0.15, 0.2) is 36.0 Å². The van der Waals surface area contributed by atoms with E-state index in [2.05, 4.69) is 31.5 Å². The molecule has 1 aromatic carbocycles. The Kier molecular flexibility index (Phi) is 2.43. The van der Waals surface area contributed by atoms with Gasteiger partial charge in [-0.1, -0.05) is 0 Å². The van der Waals surface area contributed by atoms with Crippen LogP contribution in [0.25, 0.3) is 21.1 Å². The monoisotopic (exact) mass is 281 g/mol. The van der Waals surface area contributed by atoms with Crippen molar-refractivity contribution in [2.45, 2.75) is 6.92 Å². The van der Waals surface area contributed by atoms with Crippen LogP contribution in [0, 0.1) is 6.92 Å². The lowest BCUT2D eigenvalue weighted by molar-refractivity contribution is 1.07. The lowest BCUT2D eigenvalue weighted by Crippen LogP contribution is -1.94. The van der Waals surface area contributed by atoms with Crippen LogP contribution in [0.2, 0.25) is 0 Å². The first-order valence-electron chi connectivity index (χ1n) is 6.21. The SMILES string of the molecule is Cc1n[nH]c2ccnc(Nc3ccc4ncsc4c3)c12. The molecule has 5 nitrogen and oxygen atoms in total. The number of rotatable bonds is 2. The minimum Gasteiger partial charge on any atom is -0.340 e. The summed E-state index contributed by atoms with van der Waals surface area (Å²) < 4.78 is 1.16. The fraction of sp³-hybridized carbons (Fsp3) is 0.0714. The van der Waals surface area contributed by atoms with E-state index in [9.17, 15) is 0 Å². The molecule has 0 amide bonds. The Morgan fingerprint density at radius 1 is 1.20 bits per heavy atom. The van der Waals surface area contributed by atoms with E-state index in [1.54, 1.807) is 17.5 Å². The van der Waals surface area contributed by atoms with Gasteiger partial charge in [0, 0.05) is 11.9 Å². The third-order valence-corrected chi connectivity index (χ3v) is 4.04. The van der Waals surface area contributed by atoms with E-state index in [0.29, 0.717) is 0 Å². The van der Waals surface area contributed by atoms with E-state index < -0.39 is 0 Å². The molecule has 0 aliphatic rings. The Morgan fingerprint density at radius 3 is 3.10 bits per heavy atom. The summed E-state index contributed by atoms with van der Waals surface area (Å²) in [6.07, 6.45) is 1.77. The van der Waals surface area contributed by atoms with Crippen molar-refractivity contribution in [2.24, 2.45) is 0 Å². The number of aromatic amines is 1. The largest absolute Gasteiger partial charge is 0.340 e. The van der Waals surface area contributed by atoms with E-state index in [1.165, 1.54) is 0 Å². The lowest BCUT2D eigenvalue weighted by Gasteiger charge is -2.07. The molecule has 0 aliphatic carbocycles. The lowest BCUT2D eigenvalue weighted by atomic mass is 10.2. The standard InChI is InChI=1S/C14H11N5S/c1-8-13-11(19-18-8)4-5-15-14(13)17-9-2-3-10-12(6-9)20-7-16-10/h2-7H,1H3,(H,15,17)(H,18,19). The van der Waals surface area contributed by atoms with Gasteiger partial charge in [0.1, 0.15) is 5.82 Å². The molecule has 0 aliphatic heterocycles. The number of nitrogens with zero attached hydrogens (tertiary/aromatic N) is 3. The molecule has 0 radical (unpaired) electrons. The quantitative estimate of drug-likeness (QED) is 0.589. The highest BCUT2D eigenvalue weighted by molar-refractivity contribution is 7.16. The molecule has 0 saturated carbocycles. The van der Waals surface area contributed by atoms with Crippen LogP contribution in [0.1, 0.15) is 5.69 Å². The number of aryl methyl sites for hydroxylation is 1. The first-order valence-corrected chi connectivity index (χ1v) is 7.09. The molecule has 3 heterocycles. The van der Waals surface area contributed by atoms with Gasteiger partial charge < -0.3 is 5.32 Å². The van der Waals surface area contributed by atoms with Crippen LogP contribution >= 0.6 is 11.3 Å². The fourth-order valence-corrected chi connectivity index (χ4v) is 3.00. The number of pyridine rings is 1. The number of aromatic nitrogens is 4. The molecule has 0 unspecified atom stereocenters. The minimum absolute atomic E-state index is 0.817. The van der Waals surface area contributed by atoms with Crippen molar-refractivity contribution in [3.05, 3.63) is 41.7 Å². The number of H-pyrrole nitrogens is 1. The minimum atomic E-state index is 0.817. The van der Waals surface area contributed by atoms with Crippen molar-refractivity contribution in [1.29, 1.82) is 0 Å². The van der Waals surface area contributed by atoms with E-state index in [-0.39, 0.29) is 0 Å². The van der Waals surface area contributed by atoms with Crippen molar-refractivity contribution in [3.8, 4) is 0 Å². The molecule has 0 spiro atoms. The first kappa shape index (κ1) is 11.4. The number of anilines is 2. The molecule has 20 heavy (non-hydrogen) atoms. The Labute approximate surface area is 118 Å². The Bertz CT molecular complexity index is 908. The molecule has 2 N–H and O–H groups in total. The van der Waals surface area contributed by atoms with Gasteiger partial charge in [0.15, 0.2) is 0 Å². The molecule has 98 valence electrons. The van der Waals surface area contributed by atoms with Gasteiger partial charge in [-0.25, -0.2) is 9.97 Å². The molecule has 0 fully saturated rings. The second-order valence-electron chi connectivity index (χ2n) is 4.55. The fourth-order valence-electron chi connectivity index (χ4n) is 2.29. The third kappa shape index (κ3) is 1.73. The summed E-state index contributed by atoms with van der Waals surface area (Å²) in [5, 5.41) is 11.6. The number of thiazole rings is 1. The Hall–Kier alpha value is -2.47. The molecular formula is C14H11N5S. The van der Waals surface area contributed by atoms with Gasteiger partial charge >= 0.3 is 0 Å².